The van der Waals surface area contributed by atoms with Gasteiger partial charge in [0, 0.05) is 36.2 Å². The first-order valence-corrected chi connectivity index (χ1v) is 7.83. The molecule has 0 aliphatic carbocycles. The van der Waals surface area contributed by atoms with Gasteiger partial charge in [-0.2, -0.15) is 0 Å². The molecule has 0 unspecified atom stereocenters. The lowest BCUT2D eigenvalue weighted by Gasteiger charge is -2.31. The van der Waals surface area contributed by atoms with Gasteiger partial charge in [0.1, 0.15) is 0 Å². The van der Waals surface area contributed by atoms with Crippen LogP contribution in [-0.4, -0.2) is 41.5 Å². The molecule has 0 saturated carbocycles. The number of likely N-dealkylation sites (tertiary alicyclic amines) is 1. The molecule has 2 N–H and O–H groups in total. The Kier molecular flexibility index (Phi) is 4.25. The number of amides is 1. The normalized spacial score (nSPS) is 17.2. The third kappa shape index (κ3) is 3.27. The molecule has 1 amide bonds. The molecule has 3 rings (SSSR count). The van der Waals surface area contributed by atoms with E-state index < -0.39 is 0 Å². The molecule has 112 valence electrons. The number of nitrogens with zero attached hydrogens (tertiary/aromatic N) is 1. The third-order valence-electron chi connectivity index (χ3n) is 4.43. The number of benzene rings is 1. The van der Waals surface area contributed by atoms with Crippen molar-refractivity contribution in [2.45, 2.75) is 32.2 Å². The molecular formula is C17H23N3O. The summed E-state index contributed by atoms with van der Waals surface area (Å²) < 4.78 is 0. The van der Waals surface area contributed by atoms with Crippen LogP contribution in [0.25, 0.3) is 10.9 Å². The van der Waals surface area contributed by atoms with E-state index in [0.717, 1.165) is 48.9 Å². The Morgan fingerprint density at radius 1 is 1.33 bits per heavy atom. The summed E-state index contributed by atoms with van der Waals surface area (Å²) in [6.45, 7) is 5.48. The summed E-state index contributed by atoms with van der Waals surface area (Å²) in [5.41, 5.74) is 2.17. The average molecular weight is 285 g/mol. The number of carbonyl (C=O) groups is 1. The lowest BCUT2D eigenvalue weighted by atomic mass is 10.0. The van der Waals surface area contributed by atoms with Gasteiger partial charge in [-0.25, -0.2) is 0 Å². The fraction of sp³-hybridized carbons (Fsp3) is 0.471. The predicted octanol–water partition coefficient (Wildman–Crippen LogP) is 2.31. The predicted molar refractivity (Wildman–Crippen MR) is 85.3 cm³/mol. The van der Waals surface area contributed by atoms with Gasteiger partial charge in [0.05, 0.1) is 6.42 Å². The largest absolute Gasteiger partial charge is 0.361 e. The van der Waals surface area contributed by atoms with Crippen LogP contribution in [0.15, 0.2) is 30.5 Å². The maximum Gasteiger partial charge on any atom is 0.224 e. The number of rotatable bonds is 4. The van der Waals surface area contributed by atoms with Gasteiger partial charge in [-0.3, -0.25) is 4.79 Å². The average Bonchev–Trinajstić information content (AvgIpc) is 2.91. The van der Waals surface area contributed by atoms with E-state index in [4.69, 9.17) is 0 Å². The van der Waals surface area contributed by atoms with Crippen molar-refractivity contribution >= 4 is 16.8 Å². The van der Waals surface area contributed by atoms with Crippen LogP contribution in [0.4, 0.5) is 0 Å². The third-order valence-corrected chi connectivity index (χ3v) is 4.43. The standard InChI is InChI=1S/C17H23N3O/c1-2-20-9-7-14(8-10-20)19-17(21)11-13-12-18-16-6-4-3-5-15(13)16/h3-6,12,14,18H,2,7-11H2,1H3,(H,19,21). The van der Waals surface area contributed by atoms with Gasteiger partial charge in [0.15, 0.2) is 0 Å². The number of hydrogen-bond acceptors (Lipinski definition) is 2. The molecule has 1 aliphatic heterocycles. The highest BCUT2D eigenvalue weighted by Crippen LogP contribution is 2.18. The van der Waals surface area contributed by atoms with Crippen LogP contribution >= 0.6 is 0 Å². The number of aromatic amines is 1. The van der Waals surface area contributed by atoms with Crippen molar-refractivity contribution in [3.8, 4) is 0 Å². The first kappa shape index (κ1) is 14.1. The minimum atomic E-state index is 0.134. The van der Waals surface area contributed by atoms with Crippen molar-refractivity contribution in [2.75, 3.05) is 19.6 Å². The number of carbonyl (C=O) groups excluding carboxylic acids is 1. The van der Waals surface area contributed by atoms with Gasteiger partial charge in [-0.05, 0) is 31.0 Å². The SMILES string of the molecule is CCN1CCC(NC(=O)Cc2c[nH]c3ccccc23)CC1. The van der Waals surface area contributed by atoms with Crippen LogP contribution in [0.1, 0.15) is 25.3 Å². The van der Waals surface area contributed by atoms with Gasteiger partial charge in [0.25, 0.3) is 0 Å². The van der Waals surface area contributed by atoms with E-state index in [9.17, 15) is 4.79 Å². The second kappa shape index (κ2) is 6.31. The molecule has 2 aromatic rings. The van der Waals surface area contributed by atoms with Crippen LogP contribution in [0.2, 0.25) is 0 Å². The highest BCUT2D eigenvalue weighted by Gasteiger charge is 2.20. The molecule has 1 saturated heterocycles. The van der Waals surface area contributed by atoms with Gasteiger partial charge in [-0.15, -0.1) is 0 Å². The lowest BCUT2D eigenvalue weighted by molar-refractivity contribution is -0.121. The van der Waals surface area contributed by atoms with Crippen molar-refractivity contribution in [1.82, 2.24) is 15.2 Å². The first-order valence-electron chi connectivity index (χ1n) is 7.83. The fourth-order valence-corrected chi connectivity index (χ4v) is 3.12. The second-order valence-corrected chi connectivity index (χ2v) is 5.81. The minimum Gasteiger partial charge on any atom is -0.361 e. The topological polar surface area (TPSA) is 48.1 Å². The molecule has 21 heavy (non-hydrogen) atoms. The Labute approximate surface area is 125 Å². The molecule has 0 spiro atoms. The zero-order valence-corrected chi connectivity index (χ0v) is 12.6. The summed E-state index contributed by atoms with van der Waals surface area (Å²) >= 11 is 0. The number of piperidine rings is 1. The number of H-pyrrole nitrogens is 1. The van der Waals surface area contributed by atoms with Crippen LogP contribution in [-0.2, 0) is 11.2 Å². The molecule has 1 aromatic heterocycles. The van der Waals surface area contributed by atoms with Crippen molar-refractivity contribution < 1.29 is 4.79 Å². The van der Waals surface area contributed by atoms with Crippen LogP contribution in [0.3, 0.4) is 0 Å². The van der Waals surface area contributed by atoms with Crippen LogP contribution < -0.4 is 5.32 Å². The molecule has 0 bridgehead atoms. The molecule has 1 aromatic carbocycles. The van der Waals surface area contributed by atoms with Crippen molar-refractivity contribution in [1.29, 1.82) is 0 Å². The summed E-state index contributed by atoms with van der Waals surface area (Å²) in [5, 5.41) is 4.33. The van der Waals surface area contributed by atoms with E-state index >= 15 is 0 Å². The molecular weight excluding hydrogens is 262 g/mol. The Bertz CT molecular complexity index is 611. The summed E-state index contributed by atoms with van der Waals surface area (Å²) in [4.78, 5) is 17.9. The van der Waals surface area contributed by atoms with Gasteiger partial charge >= 0.3 is 0 Å². The lowest BCUT2D eigenvalue weighted by Crippen LogP contribution is -2.44. The molecule has 4 heteroatoms. The fourth-order valence-electron chi connectivity index (χ4n) is 3.12. The van der Waals surface area contributed by atoms with Crippen LogP contribution in [0, 0.1) is 0 Å². The van der Waals surface area contributed by atoms with Gasteiger partial charge in [-0.1, -0.05) is 25.1 Å². The number of fused-ring (bicyclic) bond motifs is 1. The number of nitrogens with one attached hydrogen (secondary N) is 2. The molecule has 1 aliphatic rings. The molecule has 0 radical (unpaired) electrons. The smallest absolute Gasteiger partial charge is 0.224 e. The summed E-state index contributed by atoms with van der Waals surface area (Å²) in [7, 11) is 0. The summed E-state index contributed by atoms with van der Waals surface area (Å²) in [6, 6.07) is 8.46. The first-order chi connectivity index (χ1) is 10.3. The van der Waals surface area contributed by atoms with Gasteiger partial charge in [0.2, 0.25) is 5.91 Å². The van der Waals surface area contributed by atoms with Crippen LogP contribution in [0.5, 0.6) is 0 Å². The van der Waals surface area contributed by atoms with Crippen molar-refractivity contribution in [2.24, 2.45) is 0 Å². The maximum atomic E-state index is 12.2. The zero-order chi connectivity index (χ0) is 14.7. The quantitative estimate of drug-likeness (QED) is 0.905. The molecule has 2 heterocycles. The van der Waals surface area contributed by atoms with E-state index in [0.29, 0.717) is 12.5 Å². The van der Waals surface area contributed by atoms with E-state index in [1.165, 1.54) is 0 Å². The molecule has 4 nitrogen and oxygen atoms in total. The van der Waals surface area contributed by atoms with E-state index in [1.807, 2.05) is 24.4 Å². The van der Waals surface area contributed by atoms with E-state index in [-0.39, 0.29) is 5.91 Å². The van der Waals surface area contributed by atoms with Crippen molar-refractivity contribution in [3.05, 3.63) is 36.0 Å². The minimum absolute atomic E-state index is 0.134. The maximum absolute atomic E-state index is 12.2. The van der Waals surface area contributed by atoms with Gasteiger partial charge < -0.3 is 15.2 Å². The monoisotopic (exact) mass is 285 g/mol. The molecule has 0 atom stereocenters. The Morgan fingerprint density at radius 2 is 2.10 bits per heavy atom. The summed E-state index contributed by atoms with van der Waals surface area (Å²) in [5.74, 6) is 0.134. The zero-order valence-electron chi connectivity index (χ0n) is 12.6. The molecule has 1 fully saturated rings. The summed E-state index contributed by atoms with van der Waals surface area (Å²) in [6.07, 6.45) is 4.53. The van der Waals surface area contributed by atoms with E-state index in [1.54, 1.807) is 0 Å². The Morgan fingerprint density at radius 3 is 2.86 bits per heavy atom. The Hall–Kier alpha value is -1.81. The Balaban J connectivity index is 1.57. The van der Waals surface area contributed by atoms with E-state index in [2.05, 4.69) is 28.2 Å². The number of aromatic nitrogens is 1. The highest BCUT2D eigenvalue weighted by molar-refractivity contribution is 5.88. The highest BCUT2D eigenvalue weighted by atomic mass is 16.1. The second-order valence-electron chi connectivity index (χ2n) is 5.81. The van der Waals surface area contributed by atoms with Crippen molar-refractivity contribution in [3.63, 3.8) is 0 Å². The number of para-hydroxylation sites is 1. The number of hydrogen-bond donors (Lipinski definition) is 2.